The van der Waals surface area contributed by atoms with E-state index in [1.807, 2.05) is 6.92 Å². The molecule has 50 valence electrons. The third-order valence-electron chi connectivity index (χ3n) is 1.25. The van der Waals surface area contributed by atoms with E-state index >= 15 is 0 Å². The molecule has 0 saturated heterocycles. The summed E-state index contributed by atoms with van der Waals surface area (Å²) >= 11 is 0. The highest BCUT2D eigenvalue weighted by molar-refractivity contribution is 4.96. The number of nitrogens with two attached hydrogens (primary N) is 1. The Morgan fingerprint density at radius 2 is 2.67 bits per heavy atom. The van der Waals surface area contributed by atoms with Crippen molar-refractivity contribution < 1.29 is 0 Å². The van der Waals surface area contributed by atoms with Crippen LogP contribution in [0, 0.1) is 0 Å². The van der Waals surface area contributed by atoms with Crippen LogP contribution in [0.2, 0.25) is 0 Å². The molecule has 1 rings (SSSR count). The minimum atomic E-state index is 0.0312. The van der Waals surface area contributed by atoms with Gasteiger partial charge >= 0.3 is 0 Å². The number of hydrogen-bond acceptors (Lipinski definition) is 3. The van der Waals surface area contributed by atoms with Gasteiger partial charge in [-0.2, -0.15) is 15.4 Å². The molecular formula is C5H10N4. The van der Waals surface area contributed by atoms with E-state index in [0.29, 0.717) is 0 Å². The Morgan fingerprint density at radius 3 is 3.11 bits per heavy atom. The Morgan fingerprint density at radius 1 is 1.89 bits per heavy atom. The van der Waals surface area contributed by atoms with Gasteiger partial charge in [0.1, 0.15) is 0 Å². The molecule has 0 aliphatic heterocycles. The maximum absolute atomic E-state index is 5.62. The molecule has 0 bridgehead atoms. The third kappa shape index (κ3) is 1.26. The number of nitrogens with one attached hydrogen (secondary N) is 1. The van der Waals surface area contributed by atoms with E-state index in [0.717, 1.165) is 12.1 Å². The summed E-state index contributed by atoms with van der Waals surface area (Å²) in [6.07, 6.45) is 2.54. The lowest BCUT2D eigenvalue weighted by atomic mass is 10.2. The van der Waals surface area contributed by atoms with Crippen LogP contribution in [0.5, 0.6) is 0 Å². The molecule has 0 saturated carbocycles. The van der Waals surface area contributed by atoms with Gasteiger partial charge in [-0.1, -0.05) is 6.92 Å². The monoisotopic (exact) mass is 126 g/mol. The Kier molecular flexibility index (Phi) is 1.79. The van der Waals surface area contributed by atoms with E-state index in [9.17, 15) is 0 Å². The standard InChI is InChI=1S/C5H10N4/c1-2-4(6)5-3-7-9-8-5/h3-4H,2,6H2,1H3,(H,7,8,9). The number of aromatic amines is 1. The van der Waals surface area contributed by atoms with Crippen molar-refractivity contribution in [2.75, 3.05) is 0 Å². The molecule has 1 unspecified atom stereocenters. The molecule has 0 amide bonds. The SMILES string of the molecule is CCC(N)c1cn[nH]n1. The van der Waals surface area contributed by atoms with Gasteiger partial charge in [0.25, 0.3) is 0 Å². The van der Waals surface area contributed by atoms with Crippen LogP contribution in [-0.4, -0.2) is 15.4 Å². The lowest BCUT2D eigenvalue weighted by molar-refractivity contribution is 0.671. The van der Waals surface area contributed by atoms with Gasteiger partial charge in [-0.25, -0.2) is 0 Å². The van der Waals surface area contributed by atoms with Crippen LogP contribution in [0.15, 0.2) is 6.20 Å². The van der Waals surface area contributed by atoms with E-state index < -0.39 is 0 Å². The minimum Gasteiger partial charge on any atom is -0.323 e. The molecule has 3 N–H and O–H groups in total. The van der Waals surface area contributed by atoms with Crippen molar-refractivity contribution in [2.24, 2.45) is 5.73 Å². The lowest BCUT2D eigenvalue weighted by Gasteiger charge is -2.00. The van der Waals surface area contributed by atoms with Crippen molar-refractivity contribution in [1.29, 1.82) is 0 Å². The Balaban J connectivity index is 2.65. The molecule has 1 aromatic rings. The molecule has 4 nitrogen and oxygen atoms in total. The van der Waals surface area contributed by atoms with E-state index in [1.165, 1.54) is 0 Å². The second kappa shape index (κ2) is 2.59. The van der Waals surface area contributed by atoms with Crippen LogP contribution >= 0.6 is 0 Å². The average molecular weight is 126 g/mol. The Hall–Kier alpha value is -0.900. The fraction of sp³-hybridized carbons (Fsp3) is 0.600. The van der Waals surface area contributed by atoms with Crippen LogP contribution in [0.3, 0.4) is 0 Å². The van der Waals surface area contributed by atoms with Gasteiger partial charge in [-0.15, -0.1) is 0 Å². The topological polar surface area (TPSA) is 67.6 Å². The van der Waals surface area contributed by atoms with E-state index in [4.69, 9.17) is 5.73 Å². The third-order valence-corrected chi connectivity index (χ3v) is 1.25. The fourth-order valence-corrected chi connectivity index (χ4v) is 0.598. The van der Waals surface area contributed by atoms with Crippen molar-refractivity contribution in [1.82, 2.24) is 15.4 Å². The first-order chi connectivity index (χ1) is 4.34. The van der Waals surface area contributed by atoms with Crippen LogP contribution in [0.25, 0.3) is 0 Å². The molecular weight excluding hydrogens is 116 g/mol. The van der Waals surface area contributed by atoms with Crippen molar-refractivity contribution in [2.45, 2.75) is 19.4 Å². The zero-order valence-corrected chi connectivity index (χ0v) is 5.33. The summed E-state index contributed by atoms with van der Waals surface area (Å²) in [7, 11) is 0. The summed E-state index contributed by atoms with van der Waals surface area (Å²) in [5.41, 5.74) is 6.45. The minimum absolute atomic E-state index is 0.0312. The van der Waals surface area contributed by atoms with Crippen molar-refractivity contribution >= 4 is 0 Å². The predicted molar refractivity (Wildman–Crippen MR) is 33.6 cm³/mol. The van der Waals surface area contributed by atoms with Crippen molar-refractivity contribution in [3.63, 3.8) is 0 Å². The van der Waals surface area contributed by atoms with Crippen LogP contribution in [0.4, 0.5) is 0 Å². The molecule has 9 heavy (non-hydrogen) atoms. The highest BCUT2D eigenvalue weighted by Crippen LogP contribution is 2.06. The smallest absolute Gasteiger partial charge is 0.0991 e. The predicted octanol–water partition coefficient (Wildman–Crippen LogP) is 0.214. The second-order valence-corrected chi connectivity index (χ2v) is 1.91. The maximum Gasteiger partial charge on any atom is 0.0991 e. The van der Waals surface area contributed by atoms with E-state index in [2.05, 4.69) is 15.4 Å². The summed E-state index contributed by atoms with van der Waals surface area (Å²) in [5, 5.41) is 9.97. The molecule has 0 radical (unpaired) electrons. The first kappa shape index (κ1) is 6.22. The highest BCUT2D eigenvalue weighted by Gasteiger charge is 2.03. The first-order valence-corrected chi connectivity index (χ1v) is 2.96. The first-order valence-electron chi connectivity index (χ1n) is 2.96. The number of aromatic nitrogens is 3. The van der Waals surface area contributed by atoms with Gasteiger partial charge in [0.2, 0.25) is 0 Å². The Labute approximate surface area is 53.5 Å². The molecule has 0 aliphatic carbocycles. The van der Waals surface area contributed by atoms with Gasteiger partial charge in [0.15, 0.2) is 0 Å². The molecule has 4 heteroatoms. The molecule has 1 aromatic heterocycles. The van der Waals surface area contributed by atoms with Crippen LogP contribution in [-0.2, 0) is 0 Å². The zero-order chi connectivity index (χ0) is 6.69. The zero-order valence-electron chi connectivity index (χ0n) is 5.33. The number of nitrogens with zero attached hydrogens (tertiary/aromatic N) is 2. The summed E-state index contributed by atoms with van der Waals surface area (Å²) in [6.45, 7) is 2.01. The van der Waals surface area contributed by atoms with Gasteiger partial charge in [0, 0.05) is 0 Å². The summed E-state index contributed by atoms with van der Waals surface area (Å²) in [6, 6.07) is 0.0312. The van der Waals surface area contributed by atoms with Gasteiger partial charge in [0.05, 0.1) is 17.9 Å². The summed E-state index contributed by atoms with van der Waals surface area (Å²) < 4.78 is 0. The lowest BCUT2D eigenvalue weighted by Crippen LogP contribution is -2.08. The van der Waals surface area contributed by atoms with Crippen LogP contribution < -0.4 is 5.73 Å². The van der Waals surface area contributed by atoms with E-state index in [1.54, 1.807) is 6.20 Å². The number of rotatable bonds is 2. The normalized spacial score (nSPS) is 13.6. The Bertz CT molecular complexity index is 157. The number of hydrogen-bond donors (Lipinski definition) is 2. The maximum atomic E-state index is 5.62. The van der Waals surface area contributed by atoms with Gasteiger partial charge in [-0.05, 0) is 6.42 Å². The summed E-state index contributed by atoms with van der Waals surface area (Å²) in [5.74, 6) is 0. The number of H-pyrrole nitrogens is 1. The molecule has 0 aromatic carbocycles. The van der Waals surface area contributed by atoms with Crippen LogP contribution in [0.1, 0.15) is 25.1 Å². The average Bonchev–Trinajstić information content (AvgIpc) is 2.37. The summed E-state index contributed by atoms with van der Waals surface area (Å²) in [4.78, 5) is 0. The highest BCUT2D eigenvalue weighted by atomic mass is 15.3. The van der Waals surface area contributed by atoms with Gasteiger partial charge in [-0.3, -0.25) is 0 Å². The van der Waals surface area contributed by atoms with Gasteiger partial charge < -0.3 is 5.73 Å². The van der Waals surface area contributed by atoms with Crippen molar-refractivity contribution in [3.8, 4) is 0 Å². The largest absolute Gasteiger partial charge is 0.323 e. The molecule has 1 atom stereocenters. The molecule has 0 spiro atoms. The quantitative estimate of drug-likeness (QED) is 0.595. The molecule has 1 heterocycles. The van der Waals surface area contributed by atoms with Crippen molar-refractivity contribution in [3.05, 3.63) is 11.9 Å². The fourth-order valence-electron chi connectivity index (χ4n) is 0.598. The van der Waals surface area contributed by atoms with E-state index in [-0.39, 0.29) is 6.04 Å². The molecule has 0 fully saturated rings. The molecule has 0 aliphatic rings. The second-order valence-electron chi connectivity index (χ2n) is 1.91.